The number of aliphatic carboxylic acids is 1. The molecule has 0 spiro atoms. The number of carbonyl (C=O) groups excluding carboxylic acids is 1. The van der Waals surface area contributed by atoms with Crippen LogP contribution in [-0.4, -0.2) is 41.5 Å². The minimum atomic E-state index is -0.883. The second-order valence-corrected chi connectivity index (χ2v) is 9.13. The molecule has 0 bridgehead atoms. The number of aromatic nitrogens is 1. The highest BCUT2D eigenvalue weighted by molar-refractivity contribution is 5.68. The van der Waals surface area contributed by atoms with Gasteiger partial charge in [0.25, 0.3) is 0 Å². The summed E-state index contributed by atoms with van der Waals surface area (Å²) in [6.45, 7) is 8.72. The molecule has 1 heterocycles. The van der Waals surface area contributed by atoms with E-state index in [2.05, 4.69) is 17.2 Å². The SMILES string of the molecule is CCCOc1ccc(-c2nc(CCOc3ccc(CCC(=O)O)c(CNC(=O)OC(C)C)c3)c(C)o2)cc1. The predicted molar refractivity (Wildman–Crippen MR) is 143 cm³/mol. The number of nitrogens with zero attached hydrogens (tertiary/aromatic N) is 1. The van der Waals surface area contributed by atoms with Gasteiger partial charge in [0.05, 0.1) is 25.0 Å². The number of ether oxygens (including phenoxy) is 3. The molecular weight excluding hydrogens is 488 g/mol. The number of carbonyl (C=O) groups is 2. The summed E-state index contributed by atoms with van der Waals surface area (Å²) in [4.78, 5) is 27.6. The summed E-state index contributed by atoms with van der Waals surface area (Å²) < 4.78 is 22.6. The van der Waals surface area contributed by atoms with Crippen LogP contribution in [0.3, 0.4) is 0 Å². The van der Waals surface area contributed by atoms with E-state index >= 15 is 0 Å². The summed E-state index contributed by atoms with van der Waals surface area (Å²) in [6.07, 6.45) is 1.06. The quantitative estimate of drug-likeness (QED) is 0.275. The number of amides is 1. The number of alkyl carbamates (subject to hydrolysis) is 1. The number of hydrogen-bond donors (Lipinski definition) is 2. The normalized spacial score (nSPS) is 10.9. The standard InChI is InChI=1S/C29H36N2O7/c1-5-15-35-24-10-7-22(8-11-24)28-31-26(20(4)38-28)14-16-36-25-12-6-21(9-13-27(32)33)23(17-25)18-30-29(34)37-19(2)3/h6-8,10-12,17,19H,5,9,13-16,18H2,1-4H3,(H,30,34)(H,32,33). The summed E-state index contributed by atoms with van der Waals surface area (Å²) in [5, 5.41) is 11.8. The highest BCUT2D eigenvalue weighted by Crippen LogP contribution is 2.25. The smallest absolute Gasteiger partial charge is 0.407 e. The van der Waals surface area contributed by atoms with E-state index in [1.165, 1.54) is 0 Å². The van der Waals surface area contributed by atoms with Gasteiger partial charge in [-0.2, -0.15) is 0 Å². The lowest BCUT2D eigenvalue weighted by atomic mass is 10.0. The van der Waals surface area contributed by atoms with E-state index in [9.17, 15) is 9.59 Å². The van der Waals surface area contributed by atoms with E-state index in [1.54, 1.807) is 19.9 Å². The molecule has 0 saturated heterocycles. The second kappa shape index (κ2) is 14.1. The van der Waals surface area contributed by atoms with Crippen LogP contribution in [0.1, 0.15) is 56.2 Å². The Hall–Kier alpha value is -4.01. The van der Waals surface area contributed by atoms with E-state index in [-0.39, 0.29) is 19.1 Å². The van der Waals surface area contributed by atoms with Crippen LogP contribution in [0.5, 0.6) is 11.5 Å². The van der Waals surface area contributed by atoms with Gasteiger partial charge in [-0.1, -0.05) is 13.0 Å². The number of aryl methyl sites for hydroxylation is 2. The van der Waals surface area contributed by atoms with Crippen molar-refractivity contribution in [2.24, 2.45) is 0 Å². The van der Waals surface area contributed by atoms with Gasteiger partial charge < -0.3 is 29.1 Å². The molecule has 0 aliphatic rings. The third-order valence-corrected chi connectivity index (χ3v) is 5.63. The molecule has 2 aromatic carbocycles. The molecule has 9 heteroatoms. The second-order valence-electron chi connectivity index (χ2n) is 9.13. The van der Waals surface area contributed by atoms with Gasteiger partial charge in [-0.15, -0.1) is 0 Å². The lowest BCUT2D eigenvalue weighted by molar-refractivity contribution is -0.136. The molecular formula is C29H36N2O7. The minimum absolute atomic E-state index is 0.00803. The van der Waals surface area contributed by atoms with E-state index < -0.39 is 12.1 Å². The zero-order chi connectivity index (χ0) is 27.5. The highest BCUT2D eigenvalue weighted by atomic mass is 16.6. The van der Waals surface area contributed by atoms with Gasteiger partial charge in [0.2, 0.25) is 5.89 Å². The molecule has 0 saturated carbocycles. The third-order valence-electron chi connectivity index (χ3n) is 5.63. The van der Waals surface area contributed by atoms with Crippen molar-refractivity contribution < 1.29 is 33.3 Å². The molecule has 0 atom stereocenters. The molecule has 9 nitrogen and oxygen atoms in total. The number of rotatable bonds is 14. The van der Waals surface area contributed by atoms with Gasteiger partial charge in [0.15, 0.2) is 0 Å². The number of carboxylic acid groups (broad SMARTS) is 1. The average molecular weight is 525 g/mol. The molecule has 0 unspecified atom stereocenters. The van der Waals surface area contributed by atoms with Gasteiger partial charge >= 0.3 is 12.1 Å². The molecule has 0 aliphatic heterocycles. The number of oxazole rings is 1. The van der Waals surface area contributed by atoms with Gasteiger partial charge in [-0.25, -0.2) is 9.78 Å². The first-order valence-corrected chi connectivity index (χ1v) is 12.9. The maximum Gasteiger partial charge on any atom is 0.407 e. The molecule has 38 heavy (non-hydrogen) atoms. The number of benzene rings is 2. The van der Waals surface area contributed by atoms with Gasteiger partial charge in [-0.3, -0.25) is 4.79 Å². The van der Waals surface area contributed by atoms with E-state index in [0.29, 0.717) is 37.7 Å². The van der Waals surface area contributed by atoms with Crippen molar-refractivity contribution in [3.8, 4) is 23.0 Å². The van der Waals surface area contributed by atoms with Crippen LogP contribution < -0.4 is 14.8 Å². The van der Waals surface area contributed by atoms with Crippen LogP contribution in [0.25, 0.3) is 11.5 Å². The largest absolute Gasteiger partial charge is 0.494 e. The Morgan fingerprint density at radius 1 is 1.00 bits per heavy atom. The van der Waals surface area contributed by atoms with Gasteiger partial charge in [0.1, 0.15) is 17.3 Å². The summed E-state index contributed by atoms with van der Waals surface area (Å²) >= 11 is 0. The Morgan fingerprint density at radius 2 is 1.71 bits per heavy atom. The Bertz CT molecular complexity index is 1200. The molecule has 2 N–H and O–H groups in total. The molecule has 3 aromatic rings. The zero-order valence-electron chi connectivity index (χ0n) is 22.4. The van der Waals surface area contributed by atoms with Crippen LogP contribution in [0, 0.1) is 6.92 Å². The topological polar surface area (TPSA) is 120 Å². The summed E-state index contributed by atoms with van der Waals surface area (Å²) in [5.74, 6) is 1.82. The van der Waals surface area contributed by atoms with Crippen LogP contribution in [0.2, 0.25) is 0 Å². The van der Waals surface area contributed by atoms with Crippen LogP contribution >= 0.6 is 0 Å². The van der Waals surface area contributed by atoms with Gasteiger partial charge in [-0.05, 0) is 81.1 Å². The maximum absolute atomic E-state index is 11.9. The van der Waals surface area contributed by atoms with Crippen molar-refractivity contribution in [2.75, 3.05) is 13.2 Å². The monoisotopic (exact) mass is 524 g/mol. The highest BCUT2D eigenvalue weighted by Gasteiger charge is 2.13. The fraction of sp³-hybridized carbons (Fsp3) is 0.414. The summed E-state index contributed by atoms with van der Waals surface area (Å²) in [6, 6.07) is 13.1. The van der Waals surface area contributed by atoms with Crippen molar-refractivity contribution >= 4 is 12.1 Å². The average Bonchev–Trinajstić information content (AvgIpc) is 3.25. The molecule has 204 valence electrons. The predicted octanol–water partition coefficient (Wildman–Crippen LogP) is 5.71. The maximum atomic E-state index is 11.9. The van der Waals surface area contributed by atoms with Crippen LogP contribution in [0.4, 0.5) is 4.79 Å². The van der Waals surface area contributed by atoms with E-state index in [4.69, 9.17) is 23.7 Å². The Balaban J connectivity index is 1.62. The molecule has 1 amide bonds. The van der Waals surface area contributed by atoms with Crippen molar-refractivity contribution in [2.45, 2.75) is 66.0 Å². The third kappa shape index (κ3) is 8.83. The Morgan fingerprint density at radius 3 is 2.39 bits per heavy atom. The van der Waals surface area contributed by atoms with E-state index in [1.807, 2.05) is 43.3 Å². The van der Waals surface area contributed by atoms with Crippen molar-refractivity contribution in [1.29, 1.82) is 0 Å². The molecule has 3 rings (SSSR count). The molecule has 1 aromatic heterocycles. The van der Waals surface area contributed by atoms with Crippen molar-refractivity contribution in [1.82, 2.24) is 10.3 Å². The zero-order valence-corrected chi connectivity index (χ0v) is 22.4. The number of carboxylic acids is 1. The first-order valence-electron chi connectivity index (χ1n) is 12.9. The molecule has 0 radical (unpaired) electrons. The van der Waals surface area contributed by atoms with Crippen molar-refractivity contribution in [3.63, 3.8) is 0 Å². The van der Waals surface area contributed by atoms with E-state index in [0.717, 1.165) is 40.3 Å². The number of hydrogen-bond acceptors (Lipinski definition) is 7. The first kappa shape index (κ1) is 28.6. The van der Waals surface area contributed by atoms with Crippen LogP contribution in [0.15, 0.2) is 46.9 Å². The van der Waals surface area contributed by atoms with Crippen molar-refractivity contribution in [3.05, 3.63) is 65.0 Å². The fourth-order valence-electron chi connectivity index (χ4n) is 3.73. The minimum Gasteiger partial charge on any atom is -0.494 e. The Labute approximate surface area is 223 Å². The summed E-state index contributed by atoms with van der Waals surface area (Å²) in [5.41, 5.74) is 3.28. The fourth-order valence-corrected chi connectivity index (χ4v) is 3.73. The lowest BCUT2D eigenvalue weighted by Gasteiger charge is -2.14. The molecule has 0 fully saturated rings. The van der Waals surface area contributed by atoms with Gasteiger partial charge in [0, 0.05) is 24.9 Å². The summed E-state index contributed by atoms with van der Waals surface area (Å²) in [7, 11) is 0. The first-order chi connectivity index (χ1) is 18.2. The number of nitrogens with one attached hydrogen (secondary N) is 1. The lowest BCUT2D eigenvalue weighted by Crippen LogP contribution is -2.26. The molecule has 0 aliphatic carbocycles. The Kier molecular flexibility index (Phi) is 10.6. The van der Waals surface area contributed by atoms with Crippen LogP contribution in [-0.2, 0) is 28.9 Å².